The quantitative estimate of drug-likeness (QED) is 0.538. The van der Waals surface area contributed by atoms with Gasteiger partial charge >= 0.3 is 5.97 Å². The highest BCUT2D eigenvalue weighted by Crippen LogP contribution is 2.34. The highest BCUT2D eigenvalue weighted by atomic mass is 16.4. The van der Waals surface area contributed by atoms with E-state index in [1.54, 1.807) is 6.92 Å². The summed E-state index contributed by atoms with van der Waals surface area (Å²) in [6.07, 6.45) is 1.75. The van der Waals surface area contributed by atoms with Crippen LogP contribution >= 0.6 is 0 Å². The fourth-order valence-electron chi connectivity index (χ4n) is 1.48. The van der Waals surface area contributed by atoms with Crippen LogP contribution in [0.3, 0.4) is 0 Å². The molecule has 16 heavy (non-hydrogen) atoms. The maximum atomic E-state index is 11.2. The van der Waals surface area contributed by atoms with E-state index in [-0.39, 0.29) is 17.9 Å². The Bertz CT molecular complexity index is 425. The number of hydrogen-bond donors (Lipinski definition) is 3. The van der Waals surface area contributed by atoms with Crippen molar-refractivity contribution in [1.82, 2.24) is 0 Å². The second-order valence-corrected chi connectivity index (χ2v) is 3.83. The molecule has 4 heteroatoms. The van der Waals surface area contributed by atoms with Crippen molar-refractivity contribution in [2.24, 2.45) is 0 Å². The van der Waals surface area contributed by atoms with E-state index < -0.39 is 11.4 Å². The highest BCUT2D eigenvalue weighted by molar-refractivity contribution is 5.81. The molecule has 0 amide bonds. The van der Waals surface area contributed by atoms with E-state index in [1.807, 2.05) is 0 Å². The average molecular weight is 222 g/mol. The summed E-state index contributed by atoms with van der Waals surface area (Å²) in [7, 11) is 0. The van der Waals surface area contributed by atoms with Crippen LogP contribution in [0.5, 0.6) is 11.5 Å². The third-order valence-corrected chi connectivity index (χ3v) is 2.64. The number of carboxylic acid groups (broad SMARTS) is 1. The molecule has 0 radical (unpaired) electrons. The summed E-state index contributed by atoms with van der Waals surface area (Å²) in [5, 5.41) is 27.7. The zero-order valence-electron chi connectivity index (χ0n) is 8.97. The van der Waals surface area contributed by atoms with Gasteiger partial charge in [-0.25, -0.2) is 0 Å². The Kier molecular flexibility index (Phi) is 3.22. The molecule has 1 unspecified atom stereocenters. The van der Waals surface area contributed by atoms with Gasteiger partial charge in [0.2, 0.25) is 0 Å². The van der Waals surface area contributed by atoms with Crippen LogP contribution in [0.2, 0.25) is 0 Å². The summed E-state index contributed by atoms with van der Waals surface area (Å²) < 4.78 is 0. The van der Waals surface area contributed by atoms with Crippen molar-refractivity contribution in [3.8, 4) is 11.5 Å². The molecule has 0 aliphatic rings. The van der Waals surface area contributed by atoms with E-state index in [9.17, 15) is 15.0 Å². The predicted octanol–water partition coefficient (Wildman–Crippen LogP) is 2.02. The molecule has 0 bridgehead atoms. The molecule has 4 nitrogen and oxygen atoms in total. The van der Waals surface area contributed by atoms with Crippen molar-refractivity contribution in [2.75, 3.05) is 0 Å². The first-order valence-corrected chi connectivity index (χ1v) is 4.78. The maximum Gasteiger partial charge on any atom is 0.314 e. The molecule has 0 aliphatic heterocycles. The summed E-state index contributed by atoms with van der Waals surface area (Å²) in [5.74, 6) is -1.60. The second-order valence-electron chi connectivity index (χ2n) is 3.83. The lowest BCUT2D eigenvalue weighted by Gasteiger charge is -2.24. The van der Waals surface area contributed by atoms with Gasteiger partial charge in [-0.3, -0.25) is 4.79 Å². The number of allylic oxidation sites excluding steroid dienone is 1. The van der Waals surface area contributed by atoms with Crippen LogP contribution in [0.25, 0.3) is 0 Å². The van der Waals surface area contributed by atoms with Gasteiger partial charge in [0.25, 0.3) is 0 Å². The Morgan fingerprint density at radius 2 is 2.06 bits per heavy atom. The molecule has 0 aromatic heterocycles. The van der Waals surface area contributed by atoms with Gasteiger partial charge in [0.15, 0.2) is 11.5 Å². The Labute approximate surface area is 93.5 Å². The lowest BCUT2D eigenvalue weighted by atomic mass is 9.79. The van der Waals surface area contributed by atoms with Gasteiger partial charge in [0.1, 0.15) is 0 Å². The van der Waals surface area contributed by atoms with Gasteiger partial charge in [0, 0.05) is 0 Å². The fourth-order valence-corrected chi connectivity index (χ4v) is 1.48. The monoisotopic (exact) mass is 222 g/mol. The van der Waals surface area contributed by atoms with E-state index in [1.165, 1.54) is 24.3 Å². The van der Waals surface area contributed by atoms with Gasteiger partial charge in [0.05, 0.1) is 5.41 Å². The number of phenolic OH excluding ortho intramolecular Hbond substituents is 2. The Balaban J connectivity index is 3.26. The van der Waals surface area contributed by atoms with Gasteiger partial charge in [-0.05, 0) is 31.0 Å². The lowest BCUT2D eigenvalue weighted by molar-refractivity contribution is -0.143. The number of benzene rings is 1. The Morgan fingerprint density at radius 1 is 1.44 bits per heavy atom. The highest BCUT2D eigenvalue weighted by Gasteiger charge is 2.34. The topological polar surface area (TPSA) is 77.8 Å². The standard InChI is InChI=1S/C12H14O4/c1-3-6-12(2,11(15)16)8-4-5-9(13)10(14)7-8/h3-5,7,13-14H,1,6H2,2H3,(H,15,16). The zero-order valence-corrected chi connectivity index (χ0v) is 8.97. The van der Waals surface area contributed by atoms with E-state index in [2.05, 4.69) is 6.58 Å². The average Bonchev–Trinajstić information content (AvgIpc) is 2.22. The molecule has 0 heterocycles. The second kappa shape index (κ2) is 4.26. The SMILES string of the molecule is C=CCC(C)(C(=O)O)c1ccc(O)c(O)c1. The summed E-state index contributed by atoms with van der Waals surface area (Å²) >= 11 is 0. The van der Waals surface area contributed by atoms with Crippen LogP contribution in [-0.2, 0) is 10.2 Å². The lowest BCUT2D eigenvalue weighted by Crippen LogP contribution is -2.31. The number of phenols is 2. The molecule has 0 aliphatic carbocycles. The van der Waals surface area contributed by atoms with Gasteiger partial charge in [-0.15, -0.1) is 6.58 Å². The van der Waals surface area contributed by atoms with Crippen LogP contribution in [0.1, 0.15) is 18.9 Å². The van der Waals surface area contributed by atoms with Crippen molar-refractivity contribution in [3.63, 3.8) is 0 Å². The van der Waals surface area contributed by atoms with E-state index in [0.29, 0.717) is 5.56 Å². The van der Waals surface area contributed by atoms with E-state index in [0.717, 1.165) is 0 Å². The number of aromatic hydroxyl groups is 2. The van der Waals surface area contributed by atoms with Gasteiger partial charge < -0.3 is 15.3 Å². The molecule has 0 spiro atoms. The first-order chi connectivity index (χ1) is 7.41. The van der Waals surface area contributed by atoms with Gasteiger partial charge in [-0.2, -0.15) is 0 Å². The number of carbonyl (C=O) groups is 1. The smallest absolute Gasteiger partial charge is 0.314 e. The van der Waals surface area contributed by atoms with Crippen molar-refractivity contribution in [2.45, 2.75) is 18.8 Å². The van der Waals surface area contributed by atoms with Crippen molar-refractivity contribution < 1.29 is 20.1 Å². The normalized spacial score (nSPS) is 14.1. The summed E-state index contributed by atoms with van der Waals surface area (Å²) in [5.41, 5.74) is -0.720. The van der Waals surface area contributed by atoms with E-state index >= 15 is 0 Å². The first-order valence-electron chi connectivity index (χ1n) is 4.78. The Hall–Kier alpha value is -1.97. The maximum absolute atomic E-state index is 11.2. The van der Waals surface area contributed by atoms with Crippen LogP contribution in [0, 0.1) is 0 Å². The molecule has 0 saturated carbocycles. The molecule has 0 fully saturated rings. The molecule has 0 saturated heterocycles. The largest absolute Gasteiger partial charge is 0.504 e. The van der Waals surface area contributed by atoms with E-state index in [4.69, 9.17) is 5.11 Å². The van der Waals surface area contributed by atoms with Crippen LogP contribution < -0.4 is 0 Å². The molecule has 86 valence electrons. The molecular formula is C12H14O4. The van der Waals surface area contributed by atoms with Crippen molar-refractivity contribution >= 4 is 5.97 Å². The minimum Gasteiger partial charge on any atom is -0.504 e. The third-order valence-electron chi connectivity index (χ3n) is 2.64. The number of aliphatic carboxylic acids is 1. The summed E-state index contributed by atoms with van der Waals surface area (Å²) in [6, 6.07) is 4.01. The van der Waals surface area contributed by atoms with Crippen LogP contribution in [-0.4, -0.2) is 21.3 Å². The fraction of sp³-hybridized carbons (Fsp3) is 0.250. The minimum atomic E-state index is -1.15. The molecule has 1 aromatic carbocycles. The molecule has 1 aromatic rings. The molecular weight excluding hydrogens is 208 g/mol. The third kappa shape index (κ3) is 2.00. The first kappa shape index (κ1) is 12.1. The summed E-state index contributed by atoms with van der Waals surface area (Å²) in [4.78, 5) is 11.2. The predicted molar refractivity (Wildman–Crippen MR) is 59.6 cm³/mol. The number of rotatable bonds is 4. The Morgan fingerprint density at radius 3 is 2.50 bits per heavy atom. The molecule has 1 rings (SSSR count). The van der Waals surface area contributed by atoms with Crippen LogP contribution in [0.15, 0.2) is 30.9 Å². The van der Waals surface area contributed by atoms with Crippen molar-refractivity contribution in [3.05, 3.63) is 36.4 Å². The number of carboxylic acids is 1. The molecule has 3 N–H and O–H groups in total. The van der Waals surface area contributed by atoms with Crippen LogP contribution in [0.4, 0.5) is 0 Å². The number of hydrogen-bond acceptors (Lipinski definition) is 3. The minimum absolute atomic E-state index is 0.243. The van der Waals surface area contributed by atoms with Gasteiger partial charge in [-0.1, -0.05) is 12.1 Å². The van der Waals surface area contributed by atoms with Crippen molar-refractivity contribution in [1.29, 1.82) is 0 Å². The molecule has 1 atom stereocenters. The summed E-state index contributed by atoms with van der Waals surface area (Å²) in [6.45, 7) is 5.06. The zero-order chi connectivity index (χ0) is 12.3.